The average Bonchev–Trinajstić information content (AvgIpc) is 3.41. The number of carbonyl (C=O) groups is 1. The smallest absolute Gasteiger partial charge is 0.309 e. The largest absolute Gasteiger partial charge is 0.452 e. The lowest BCUT2D eigenvalue weighted by Crippen LogP contribution is -2.41. The van der Waals surface area contributed by atoms with Crippen LogP contribution in [-0.2, 0) is 19.6 Å². The van der Waals surface area contributed by atoms with Gasteiger partial charge in [-0.25, -0.2) is 8.42 Å². The predicted molar refractivity (Wildman–Crippen MR) is 109 cm³/mol. The van der Waals surface area contributed by atoms with Gasteiger partial charge in [0.05, 0.1) is 5.92 Å². The highest BCUT2D eigenvalue weighted by Crippen LogP contribution is 2.29. The summed E-state index contributed by atoms with van der Waals surface area (Å²) in [6.45, 7) is 5.20. The van der Waals surface area contributed by atoms with E-state index in [0.29, 0.717) is 29.9 Å². The number of aryl methyl sites for hydroxylation is 2. The minimum Gasteiger partial charge on any atom is -0.452 e. The van der Waals surface area contributed by atoms with Crippen LogP contribution >= 0.6 is 0 Å². The van der Waals surface area contributed by atoms with E-state index < -0.39 is 28.0 Å². The molecule has 170 valence electrons. The summed E-state index contributed by atoms with van der Waals surface area (Å²) in [7, 11) is -3.73. The molecule has 1 unspecified atom stereocenters. The second-order valence-electron chi connectivity index (χ2n) is 7.61. The molecular weight excluding hydrogens is 438 g/mol. The summed E-state index contributed by atoms with van der Waals surface area (Å²) < 4.78 is 42.9. The number of esters is 1. The van der Waals surface area contributed by atoms with Gasteiger partial charge in [-0.05, 0) is 45.7 Å². The van der Waals surface area contributed by atoms with Crippen LogP contribution in [0.15, 0.2) is 38.5 Å². The number of ether oxygens (including phenoxy) is 1. The fourth-order valence-corrected chi connectivity index (χ4v) is 5.40. The Bertz CT molecular complexity index is 1180. The van der Waals surface area contributed by atoms with Gasteiger partial charge in [-0.15, -0.1) is 0 Å². The number of pyridine rings is 1. The Balaban J connectivity index is 1.35. The first-order valence-electron chi connectivity index (χ1n) is 10.1. The van der Waals surface area contributed by atoms with E-state index in [2.05, 4.69) is 20.3 Å². The van der Waals surface area contributed by atoms with Crippen LogP contribution in [0, 0.1) is 19.8 Å². The molecule has 4 rings (SSSR count). The topological polar surface area (TPSA) is 142 Å². The number of hydrogen-bond donors (Lipinski definition) is 0. The van der Waals surface area contributed by atoms with E-state index in [1.807, 2.05) is 0 Å². The third kappa shape index (κ3) is 4.28. The molecule has 1 fully saturated rings. The molecule has 0 amide bonds. The number of rotatable bonds is 6. The minimum absolute atomic E-state index is 0.0907. The second-order valence-corrected chi connectivity index (χ2v) is 9.48. The molecule has 1 saturated heterocycles. The normalized spacial score (nSPS) is 16.7. The van der Waals surface area contributed by atoms with Crippen molar-refractivity contribution < 1.29 is 27.0 Å². The molecule has 0 spiro atoms. The van der Waals surface area contributed by atoms with Gasteiger partial charge in [0.1, 0.15) is 10.6 Å². The molecule has 11 nitrogen and oxygen atoms in total. The fraction of sp³-hybridized carbons (Fsp3) is 0.450. The number of nitrogens with zero attached hydrogens (tertiary/aromatic N) is 5. The predicted octanol–water partition coefficient (Wildman–Crippen LogP) is 2.44. The van der Waals surface area contributed by atoms with Gasteiger partial charge in [0, 0.05) is 31.0 Å². The van der Waals surface area contributed by atoms with Crippen LogP contribution in [0.4, 0.5) is 0 Å². The molecule has 0 aliphatic carbocycles. The van der Waals surface area contributed by atoms with Crippen molar-refractivity contribution >= 4 is 16.0 Å². The molecule has 1 aliphatic heterocycles. The maximum absolute atomic E-state index is 12.9. The monoisotopic (exact) mass is 461 g/mol. The zero-order valence-corrected chi connectivity index (χ0v) is 18.7. The summed E-state index contributed by atoms with van der Waals surface area (Å²) in [5.74, 6) is -0.0603. The molecule has 3 aromatic heterocycles. The van der Waals surface area contributed by atoms with E-state index in [-0.39, 0.29) is 29.6 Å². The Morgan fingerprint density at radius 1 is 1.22 bits per heavy atom. The number of carbonyl (C=O) groups excluding carboxylic acids is 1. The van der Waals surface area contributed by atoms with E-state index >= 15 is 0 Å². The molecule has 3 aromatic rings. The highest BCUT2D eigenvalue weighted by atomic mass is 32.2. The van der Waals surface area contributed by atoms with Crippen molar-refractivity contribution in [3.05, 3.63) is 41.9 Å². The van der Waals surface area contributed by atoms with Crippen molar-refractivity contribution in [2.75, 3.05) is 13.1 Å². The van der Waals surface area contributed by atoms with Gasteiger partial charge in [0.2, 0.25) is 15.8 Å². The van der Waals surface area contributed by atoms with E-state index in [1.54, 1.807) is 45.3 Å². The SMILES string of the molecule is Cc1noc(C)c1S(=O)(=O)N1CCC(C(=O)OC(C)c2nc(-c3cccnc3)no2)CC1. The molecule has 0 saturated carbocycles. The molecule has 0 bridgehead atoms. The average molecular weight is 462 g/mol. The summed E-state index contributed by atoms with van der Waals surface area (Å²) in [6.07, 6.45) is 3.21. The summed E-state index contributed by atoms with van der Waals surface area (Å²) in [5.41, 5.74) is 1.01. The van der Waals surface area contributed by atoms with Crippen LogP contribution in [0.2, 0.25) is 0 Å². The van der Waals surface area contributed by atoms with Crippen molar-refractivity contribution in [2.24, 2.45) is 5.92 Å². The Morgan fingerprint density at radius 2 is 1.97 bits per heavy atom. The standard InChI is InChI=1S/C20H23N5O6S/c1-12-17(13(2)30-23-12)32(27,28)25-9-6-15(7-10-25)20(26)29-14(3)19-22-18(24-31-19)16-5-4-8-21-11-16/h4-5,8,11,14-15H,6-7,9-10H2,1-3H3. The zero-order chi connectivity index (χ0) is 22.9. The first kappa shape index (κ1) is 22.1. The maximum Gasteiger partial charge on any atom is 0.309 e. The van der Waals surface area contributed by atoms with Crippen LogP contribution < -0.4 is 0 Å². The number of sulfonamides is 1. The molecule has 32 heavy (non-hydrogen) atoms. The first-order chi connectivity index (χ1) is 15.3. The Hall–Kier alpha value is -3.12. The number of piperidine rings is 1. The molecule has 12 heteroatoms. The quantitative estimate of drug-likeness (QED) is 0.502. The minimum atomic E-state index is -3.73. The Morgan fingerprint density at radius 3 is 2.59 bits per heavy atom. The van der Waals surface area contributed by atoms with Crippen LogP contribution in [-0.4, -0.2) is 52.1 Å². The van der Waals surface area contributed by atoms with E-state index in [0.717, 1.165) is 0 Å². The lowest BCUT2D eigenvalue weighted by molar-refractivity contribution is -0.156. The summed E-state index contributed by atoms with van der Waals surface area (Å²) >= 11 is 0. The van der Waals surface area contributed by atoms with E-state index in [9.17, 15) is 13.2 Å². The summed E-state index contributed by atoms with van der Waals surface area (Å²) in [5, 5.41) is 7.62. The third-order valence-electron chi connectivity index (χ3n) is 5.36. The maximum atomic E-state index is 12.9. The van der Waals surface area contributed by atoms with Gasteiger partial charge < -0.3 is 13.8 Å². The van der Waals surface area contributed by atoms with Crippen molar-refractivity contribution in [2.45, 2.75) is 44.6 Å². The molecule has 0 N–H and O–H groups in total. The van der Waals surface area contributed by atoms with Crippen molar-refractivity contribution in [3.63, 3.8) is 0 Å². The second kappa shape index (κ2) is 8.79. The molecule has 0 aromatic carbocycles. The van der Waals surface area contributed by atoms with E-state index in [4.69, 9.17) is 13.8 Å². The van der Waals surface area contributed by atoms with Crippen molar-refractivity contribution in [1.82, 2.24) is 24.6 Å². The highest BCUT2D eigenvalue weighted by molar-refractivity contribution is 7.89. The summed E-state index contributed by atoms with van der Waals surface area (Å²) in [4.78, 5) is 21.0. The Kier molecular flexibility index (Phi) is 6.07. The molecule has 1 aliphatic rings. The van der Waals surface area contributed by atoms with Crippen molar-refractivity contribution in [3.8, 4) is 11.4 Å². The van der Waals surface area contributed by atoms with Gasteiger partial charge >= 0.3 is 5.97 Å². The van der Waals surface area contributed by atoms with Crippen LogP contribution in [0.25, 0.3) is 11.4 Å². The zero-order valence-electron chi connectivity index (χ0n) is 17.9. The highest BCUT2D eigenvalue weighted by Gasteiger charge is 2.36. The number of hydrogen-bond acceptors (Lipinski definition) is 10. The molecule has 1 atom stereocenters. The molecule has 0 radical (unpaired) electrons. The molecular formula is C20H23N5O6S. The van der Waals surface area contributed by atoms with Crippen LogP contribution in [0.1, 0.15) is 43.2 Å². The third-order valence-corrected chi connectivity index (χ3v) is 7.50. The number of aromatic nitrogens is 4. The Labute approximate surface area is 184 Å². The van der Waals surface area contributed by atoms with Crippen LogP contribution in [0.3, 0.4) is 0 Å². The van der Waals surface area contributed by atoms with Gasteiger partial charge in [0.25, 0.3) is 5.89 Å². The van der Waals surface area contributed by atoms with Crippen molar-refractivity contribution in [1.29, 1.82) is 0 Å². The summed E-state index contributed by atoms with van der Waals surface area (Å²) in [6, 6.07) is 3.55. The molecule has 4 heterocycles. The van der Waals surface area contributed by atoms with Gasteiger partial charge in [-0.2, -0.15) is 9.29 Å². The van der Waals surface area contributed by atoms with Gasteiger partial charge in [-0.3, -0.25) is 9.78 Å². The van der Waals surface area contributed by atoms with Crippen LogP contribution in [0.5, 0.6) is 0 Å². The lowest BCUT2D eigenvalue weighted by Gasteiger charge is -2.30. The van der Waals surface area contributed by atoms with Gasteiger partial charge in [0.15, 0.2) is 11.9 Å². The van der Waals surface area contributed by atoms with Gasteiger partial charge in [-0.1, -0.05) is 10.3 Å². The van der Waals surface area contributed by atoms with E-state index in [1.165, 1.54) is 4.31 Å². The lowest BCUT2D eigenvalue weighted by atomic mass is 9.98. The fourth-order valence-electron chi connectivity index (χ4n) is 3.64. The first-order valence-corrected chi connectivity index (χ1v) is 11.6.